The normalized spacial score (nSPS) is 21.2. The highest BCUT2D eigenvalue weighted by Gasteiger charge is 2.22. The van der Waals surface area contributed by atoms with E-state index in [-0.39, 0.29) is 12.5 Å². The predicted molar refractivity (Wildman–Crippen MR) is 86.8 cm³/mol. The van der Waals surface area contributed by atoms with Crippen molar-refractivity contribution in [3.63, 3.8) is 0 Å². The molecule has 1 aromatic heterocycles. The summed E-state index contributed by atoms with van der Waals surface area (Å²) in [6.07, 6.45) is 6.07. The van der Waals surface area contributed by atoms with E-state index in [1.165, 1.54) is 12.8 Å². The topological polar surface area (TPSA) is 45.7 Å². The average Bonchev–Trinajstić information content (AvgIpc) is 3.16. The van der Waals surface area contributed by atoms with Crippen LogP contribution >= 0.6 is 11.3 Å². The first-order valence-electron chi connectivity index (χ1n) is 8.30. The maximum Gasteiger partial charge on any atom is 0.248 e. The van der Waals surface area contributed by atoms with Crippen LogP contribution < -0.4 is 0 Å². The lowest BCUT2D eigenvalue weighted by molar-refractivity contribution is -0.137. The third-order valence-corrected chi connectivity index (χ3v) is 5.19. The zero-order valence-electron chi connectivity index (χ0n) is 13.1. The van der Waals surface area contributed by atoms with Crippen LogP contribution in [0, 0.1) is 0 Å². The van der Waals surface area contributed by atoms with E-state index >= 15 is 0 Å². The highest BCUT2D eigenvalue weighted by Crippen LogP contribution is 2.21. The highest BCUT2D eigenvalue weighted by molar-refractivity contribution is 7.07. The quantitative estimate of drug-likeness (QED) is 0.833. The van der Waals surface area contributed by atoms with Gasteiger partial charge in [0.2, 0.25) is 5.91 Å². The van der Waals surface area contributed by atoms with Gasteiger partial charge < -0.3 is 9.64 Å². The van der Waals surface area contributed by atoms with Gasteiger partial charge in [0, 0.05) is 38.1 Å². The molecule has 1 aliphatic carbocycles. The lowest BCUT2D eigenvalue weighted by Crippen LogP contribution is -2.38. The van der Waals surface area contributed by atoms with E-state index in [1.807, 2.05) is 10.4 Å². The molecule has 0 atom stereocenters. The SMILES string of the molecule is O=C(COC1CCCC1)N1CCCN(Cc2cscn2)CC1. The summed E-state index contributed by atoms with van der Waals surface area (Å²) in [5.74, 6) is 0.155. The maximum absolute atomic E-state index is 12.3. The Balaban J connectivity index is 1.42. The molecular weight excluding hydrogens is 298 g/mol. The molecule has 1 aromatic rings. The molecule has 0 radical (unpaired) electrons. The monoisotopic (exact) mass is 323 g/mol. The van der Waals surface area contributed by atoms with Crippen molar-refractivity contribution in [3.05, 3.63) is 16.6 Å². The largest absolute Gasteiger partial charge is 0.368 e. The van der Waals surface area contributed by atoms with Crippen LogP contribution in [0.2, 0.25) is 0 Å². The fourth-order valence-corrected chi connectivity index (χ4v) is 3.81. The third kappa shape index (κ3) is 4.51. The molecule has 6 heteroatoms. The number of carbonyl (C=O) groups is 1. The number of thiazole rings is 1. The minimum absolute atomic E-state index is 0.155. The maximum atomic E-state index is 12.3. The molecule has 1 aliphatic heterocycles. The Morgan fingerprint density at radius 3 is 2.86 bits per heavy atom. The fraction of sp³-hybridized carbons (Fsp3) is 0.750. The van der Waals surface area contributed by atoms with E-state index in [9.17, 15) is 4.79 Å². The van der Waals surface area contributed by atoms with E-state index in [1.54, 1.807) is 11.3 Å². The van der Waals surface area contributed by atoms with Crippen LogP contribution in [0.5, 0.6) is 0 Å². The number of hydrogen-bond donors (Lipinski definition) is 0. The summed E-state index contributed by atoms with van der Waals surface area (Å²) < 4.78 is 5.76. The summed E-state index contributed by atoms with van der Waals surface area (Å²) >= 11 is 1.64. The van der Waals surface area contributed by atoms with Gasteiger partial charge in [0.1, 0.15) is 6.61 Å². The lowest BCUT2D eigenvalue weighted by atomic mass is 10.3. The molecule has 0 bridgehead atoms. The van der Waals surface area contributed by atoms with E-state index in [4.69, 9.17) is 4.74 Å². The second-order valence-electron chi connectivity index (χ2n) is 6.21. The van der Waals surface area contributed by atoms with Gasteiger partial charge in [0.25, 0.3) is 0 Å². The van der Waals surface area contributed by atoms with E-state index in [0.29, 0.717) is 6.10 Å². The molecule has 122 valence electrons. The molecule has 1 amide bonds. The summed E-state index contributed by atoms with van der Waals surface area (Å²) in [6.45, 7) is 4.76. The molecular formula is C16H25N3O2S. The van der Waals surface area contributed by atoms with Crippen LogP contribution in [0.25, 0.3) is 0 Å². The molecule has 0 spiro atoms. The van der Waals surface area contributed by atoms with Gasteiger partial charge in [-0.3, -0.25) is 9.69 Å². The van der Waals surface area contributed by atoms with Crippen molar-refractivity contribution in [3.8, 4) is 0 Å². The van der Waals surface area contributed by atoms with Gasteiger partial charge in [-0.1, -0.05) is 12.8 Å². The standard InChI is InChI=1S/C16H25N3O2S/c20-16(11-21-15-4-1-2-5-15)19-7-3-6-18(8-9-19)10-14-12-22-13-17-14/h12-13,15H,1-11H2. The van der Waals surface area contributed by atoms with Crippen LogP contribution in [0.1, 0.15) is 37.8 Å². The Labute approximate surface area is 136 Å². The number of amides is 1. The second-order valence-corrected chi connectivity index (χ2v) is 6.93. The summed E-state index contributed by atoms with van der Waals surface area (Å²) in [7, 11) is 0. The molecule has 5 nitrogen and oxygen atoms in total. The van der Waals surface area contributed by atoms with Gasteiger partial charge in [-0.25, -0.2) is 4.98 Å². The Kier molecular flexibility index (Phi) is 5.81. The van der Waals surface area contributed by atoms with Crippen molar-refractivity contribution in [2.75, 3.05) is 32.8 Å². The van der Waals surface area contributed by atoms with Gasteiger partial charge in [-0.2, -0.15) is 0 Å². The van der Waals surface area contributed by atoms with Gasteiger partial charge >= 0.3 is 0 Å². The van der Waals surface area contributed by atoms with Crippen LogP contribution in [-0.2, 0) is 16.1 Å². The molecule has 2 heterocycles. The summed E-state index contributed by atoms with van der Waals surface area (Å²) in [4.78, 5) is 21.0. The van der Waals surface area contributed by atoms with Gasteiger partial charge in [0.15, 0.2) is 0 Å². The molecule has 3 rings (SSSR count). The molecule has 2 fully saturated rings. The first kappa shape index (κ1) is 15.9. The van der Waals surface area contributed by atoms with Crippen molar-refractivity contribution < 1.29 is 9.53 Å². The molecule has 1 saturated carbocycles. The fourth-order valence-electron chi connectivity index (χ4n) is 3.26. The van der Waals surface area contributed by atoms with Crippen molar-refractivity contribution >= 4 is 17.2 Å². The molecule has 0 N–H and O–H groups in total. The van der Waals surface area contributed by atoms with Crippen molar-refractivity contribution in [2.24, 2.45) is 0 Å². The molecule has 0 unspecified atom stereocenters. The summed E-state index contributed by atoms with van der Waals surface area (Å²) in [5, 5.41) is 2.10. The van der Waals surface area contributed by atoms with Gasteiger partial charge in [-0.15, -0.1) is 11.3 Å². The summed E-state index contributed by atoms with van der Waals surface area (Å²) in [5.41, 5.74) is 3.01. The van der Waals surface area contributed by atoms with E-state index < -0.39 is 0 Å². The van der Waals surface area contributed by atoms with Crippen molar-refractivity contribution in [2.45, 2.75) is 44.8 Å². The summed E-state index contributed by atoms with van der Waals surface area (Å²) in [6, 6.07) is 0. The minimum Gasteiger partial charge on any atom is -0.368 e. The van der Waals surface area contributed by atoms with Crippen LogP contribution in [0.4, 0.5) is 0 Å². The molecule has 2 aliphatic rings. The number of hydrogen-bond acceptors (Lipinski definition) is 5. The Bertz CT molecular complexity index is 460. The van der Waals surface area contributed by atoms with Gasteiger partial charge in [0.05, 0.1) is 17.3 Å². The van der Waals surface area contributed by atoms with Crippen molar-refractivity contribution in [1.29, 1.82) is 0 Å². The van der Waals surface area contributed by atoms with Crippen molar-refractivity contribution in [1.82, 2.24) is 14.8 Å². The Morgan fingerprint density at radius 2 is 2.09 bits per heavy atom. The third-order valence-electron chi connectivity index (χ3n) is 4.56. The predicted octanol–water partition coefficient (Wildman–Crippen LogP) is 2.14. The zero-order valence-corrected chi connectivity index (χ0v) is 13.9. The smallest absolute Gasteiger partial charge is 0.248 e. The number of ether oxygens (including phenoxy) is 1. The number of aromatic nitrogens is 1. The second kappa shape index (κ2) is 8.04. The highest BCUT2D eigenvalue weighted by atomic mass is 32.1. The molecule has 22 heavy (non-hydrogen) atoms. The minimum atomic E-state index is 0.155. The lowest BCUT2D eigenvalue weighted by Gasteiger charge is -2.22. The molecule has 1 saturated heterocycles. The van der Waals surface area contributed by atoms with Gasteiger partial charge in [-0.05, 0) is 19.3 Å². The zero-order chi connectivity index (χ0) is 15.2. The van der Waals surface area contributed by atoms with E-state index in [0.717, 1.165) is 57.7 Å². The van der Waals surface area contributed by atoms with Crippen LogP contribution in [0.3, 0.4) is 0 Å². The first-order valence-corrected chi connectivity index (χ1v) is 9.24. The average molecular weight is 323 g/mol. The first-order chi connectivity index (χ1) is 10.8. The number of rotatable bonds is 5. The number of nitrogens with zero attached hydrogens (tertiary/aromatic N) is 3. The Hall–Kier alpha value is -0.980. The van der Waals surface area contributed by atoms with E-state index in [2.05, 4.69) is 15.3 Å². The van der Waals surface area contributed by atoms with Crippen LogP contribution in [0.15, 0.2) is 10.9 Å². The van der Waals surface area contributed by atoms with Crippen LogP contribution in [-0.4, -0.2) is 59.6 Å². The number of carbonyl (C=O) groups excluding carboxylic acids is 1. The Morgan fingerprint density at radius 1 is 1.23 bits per heavy atom. The molecule has 0 aromatic carbocycles.